The van der Waals surface area contributed by atoms with Gasteiger partial charge in [0.25, 0.3) is 0 Å². The third-order valence-corrected chi connectivity index (χ3v) is 6.37. The van der Waals surface area contributed by atoms with Crippen molar-refractivity contribution < 1.29 is 34.0 Å². The molecule has 5 atom stereocenters. The Balaban J connectivity index is 1.73. The number of nitrogens with one attached hydrogen (secondary N) is 1. The molecule has 3 N–H and O–H groups in total. The van der Waals surface area contributed by atoms with Crippen LogP contribution in [-0.2, 0) is 29.4 Å². The molecule has 194 valence electrons. The average Bonchev–Trinajstić information content (AvgIpc) is 2.90. The van der Waals surface area contributed by atoms with E-state index < -0.39 is 48.1 Å². The third kappa shape index (κ3) is 5.73. The quantitative estimate of drug-likeness (QED) is 0.318. The normalized spacial score (nSPS) is 23.7. The van der Waals surface area contributed by atoms with Gasteiger partial charge in [0.1, 0.15) is 23.9 Å². The second kappa shape index (κ2) is 11.7. The van der Waals surface area contributed by atoms with Crippen LogP contribution in [0.3, 0.4) is 0 Å². The largest absolute Gasteiger partial charge is 0.457 e. The van der Waals surface area contributed by atoms with Crippen molar-refractivity contribution in [1.82, 2.24) is 5.32 Å². The molecule has 8 heteroatoms. The lowest BCUT2D eigenvalue weighted by molar-refractivity contribution is -0.264. The highest BCUT2D eigenvalue weighted by Crippen LogP contribution is 2.41. The van der Waals surface area contributed by atoms with Crippen molar-refractivity contribution in [3.8, 4) is 0 Å². The fourth-order valence-corrected chi connectivity index (χ4v) is 4.77. The monoisotopic (exact) mass is 505 g/mol. The van der Waals surface area contributed by atoms with Gasteiger partial charge in [-0.3, -0.25) is 9.59 Å². The number of amides is 1. The molecule has 8 nitrogen and oxygen atoms in total. The fourth-order valence-electron chi connectivity index (χ4n) is 4.77. The molecule has 1 fully saturated rings. The molecule has 5 unspecified atom stereocenters. The van der Waals surface area contributed by atoms with Gasteiger partial charge in [0.2, 0.25) is 5.91 Å². The lowest BCUT2D eigenvalue weighted by Crippen LogP contribution is -2.65. The van der Waals surface area contributed by atoms with Crippen molar-refractivity contribution >= 4 is 11.9 Å². The molecule has 0 spiro atoms. The van der Waals surface area contributed by atoms with Gasteiger partial charge in [-0.25, -0.2) is 0 Å². The number of benzene rings is 3. The van der Waals surface area contributed by atoms with Gasteiger partial charge in [-0.05, 0) is 16.7 Å². The lowest BCUT2D eigenvalue weighted by atomic mass is 9.80. The summed E-state index contributed by atoms with van der Waals surface area (Å²) in [6, 6.07) is 27.9. The van der Waals surface area contributed by atoms with Gasteiger partial charge in [-0.1, -0.05) is 91.0 Å². The van der Waals surface area contributed by atoms with Gasteiger partial charge in [0.05, 0.1) is 6.61 Å². The minimum absolute atomic E-state index is 0.165. The van der Waals surface area contributed by atoms with Crippen LogP contribution in [0.5, 0.6) is 0 Å². The molecule has 0 aliphatic carbocycles. The van der Waals surface area contributed by atoms with Gasteiger partial charge in [-0.15, -0.1) is 0 Å². The molecule has 0 radical (unpaired) electrons. The Morgan fingerprint density at radius 2 is 1.30 bits per heavy atom. The SMILES string of the molecule is CC(=O)NC1C(O)OC(COC(c2ccccc2)(c2ccccc2)c2ccccc2)C(O)C1OC(C)=O. The third-order valence-electron chi connectivity index (χ3n) is 6.37. The van der Waals surface area contributed by atoms with Gasteiger partial charge in [0.15, 0.2) is 12.4 Å². The molecule has 1 aliphatic rings. The summed E-state index contributed by atoms with van der Waals surface area (Å²) in [4.78, 5) is 23.5. The second-order valence-electron chi connectivity index (χ2n) is 8.95. The number of carbonyl (C=O) groups is 2. The zero-order valence-electron chi connectivity index (χ0n) is 20.7. The molecular formula is C29H31NO7. The molecule has 1 aliphatic heterocycles. The summed E-state index contributed by atoms with van der Waals surface area (Å²) < 4.78 is 17.7. The van der Waals surface area contributed by atoms with Crippen LogP contribution in [0, 0.1) is 0 Å². The van der Waals surface area contributed by atoms with E-state index in [9.17, 15) is 19.8 Å². The van der Waals surface area contributed by atoms with E-state index in [2.05, 4.69) is 5.32 Å². The molecule has 4 rings (SSSR count). The summed E-state index contributed by atoms with van der Waals surface area (Å²) in [5.41, 5.74) is 1.48. The van der Waals surface area contributed by atoms with Crippen LogP contribution in [0.25, 0.3) is 0 Å². The predicted octanol–water partition coefficient (Wildman–Crippen LogP) is 2.51. The summed E-state index contributed by atoms with van der Waals surface area (Å²) in [6.45, 7) is 2.28. The van der Waals surface area contributed by atoms with Gasteiger partial charge < -0.3 is 29.7 Å². The van der Waals surface area contributed by atoms with E-state index in [1.807, 2.05) is 91.0 Å². The molecular weight excluding hydrogens is 474 g/mol. The number of ether oxygens (including phenoxy) is 3. The van der Waals surface area contributed by atoms with Crippen LogP contribution in [0.4, 0.5) is 0 Å². The van der Waals surface area contributed by atoms with Crippen molar-refractivity contribution in [2.24, 2.45) is 0 Å². The van der Waals surface area contributed by atoms with E-state index in [4.69, 9.17) is 14.2 Å². The summed E-state index contributed by atoms with van der Waals surface area (Å²) in [7, 11) is 0. The Morgan fingerprint density at radius 1 is 0.838 bits per heavy atom. The zero-order valence-corrected chi connectivity index (χ0v) is 20.7. The summed E-state index contributed by atoms with van der Waals surface area (Å²) in [6.07, 6.45) is -5.23. The smallest absolute Gasteiger partial charge is 0.303 e. The van der Waals surface area contributed by atoms with Crippen molar-refractivity contribution in [1.29, 1.82) is 0 Å². The second-order valence-corrected chi connectivity index (χ2v) is 8.95. The fraction of sp³-hybridized carbons (Fsp3) is 0.310. The molecule has 0 bridgehead atoms. The summed E-state index contributed by atoms with van der Waals surface area (Å²) in [5.74, 6) is -1.14. The Bertz CT molecular complexity index is 1080. The molecule has 3 aromatic carbocycles. The first kappa shape index (κ1) is 26.5. The minimum Gasteiger partial charge on any atom is -0.457 e. The van der Waals surface area contributed by atoms with E-state index >= 15 is 0 Å². The van der Waals surface area contributed by atoms with Crippen LogP contribution < -0.4 is 5.32 Å². The van der Waals surface area contributed by atoms with E-state index in [0.29, 0.717) is 0 Å². The number of aliphatic hydroxyl groups is 2. The Kier molecular flexibility index (Phi) is 8.35. The first-order valence-electron chi connectivity index (χ1n) is 12.1. The number of hydrogen-bond donors (Lipinski definition) is 3. The molecule has 3 aromatic rings. The van der Waals surface area contributed by atoms with E-state index in [-0.39, 0.29) is 6.61 Å². The molecule has 0 aromatic heterocycles. The molecule has 1 amide bonds. The van der Waals surface area contributed by atoms with Crippen molar-refractivity contribution in [2.45, 2.75) is 50.1 Å². The van der Waals surface area contributed by atoms with Crippen LogP contribution in [0.2, 0.25) is 0 Å². The maximum Gasteiger partial charge on any atom is 0.303 e. The topological polar surface area (TPSA) is 114 Å². The van der Waals surface area contributed by atoms with Crippen molar-refractivity contribution in [2.75, 3.05) is 6.61 Å². The lowest BCUT2D eigenvalue weighted by Gasteiger charge is -2.44. The maximum absolute atomic E-state index is 11.8. The van der Waals surface area contributed by atoms with E-state index in [0.717, 1.165) is 16.7 Å². The highest BCUT2D eigenvalue weighted by molar-refractivity contribution is 5.73. The van der Waals surface area contributed by atoms with Crippen LogP contribution >= 0.6 is 0 Å². The molecule has 1 saturated heterocycles. The number of esters is 1. The number of aliphatic hydroxyl groups excluding tert-OH is 2. The zero-order chi connectivity index (χ0) is 26.4. The van der Waals surface area contributed by atoms with Crippen LogP contribution in [-0.4, -0.2) is 59.3 Å². The number of rotatable bonds is 8. The Hall–Kier alpha value is -3.56. The average molecular weight is 506 g/mol. The van der Waals surface area contributed by atoms with Crippen LogP contribution in [0.1, 0.15) is 30.5 Å². The summed E-state index contributed by atoms with van der Waals surface area (Å²) in [5, 5.41) is 24.3. The van der Waals surface area contributed by atoms with E-state index in [1.54, 1.807) is 0 Å². The standard InChI is InChI=1S/C29H31NO7/c1-19(31)30-25-27(36-20(2)32)26(33)24(37-28(25)34)18-35-29(21-12-6-3-7-13-21,22-14-8-4-9-15-22)23-16-10-5-11-17-23/h3-17,24-28,33-34H,18H2,1-2H3,(H,30,31). The highest BCUT2D eigenvalue weighted by atomic mass is 16.6. The number of hydrogen-bond acceptors (Lipinski definition) is 7. The maximum atomic E-state index is 11.8. The first-order valence-corrected chi connectivity index (χ1v) is 12.1. The van der Waals surface area contributed by atoms with E-state index in [1.165, 1.54) is 13.8 Å². The summed E-state index contributed by atoms with van der Waals surface area (Å²) >= 11 is 0. The van der Waals surface area contributed by atoms with Crippen molar-refractivity contribution in [3.63, 3.8) is 0 Å². The molecule has 37 heavy (non-hydrogen) atoms. The molecule has 1 heterocycles. The Labute approximate surface area is 215 Å². The van der Waals surface area contributed by atoms with Crippen LogP contribution in [0.15, 0.2) is 91.0 Å². The van der Waals surface area contributed by atoms with Crippen molar-refractivity contribution in [3.05, 3.63) is 108 Å². The Morgan fingerprint density at radius 3 is 1.70 bits per heavy atom. The van der Waals surface area contributed by atoms with Gasteiger partial charge >= 0.3 is 5.97 Å². The highest BCUT2D eigenvalue weighted by Gasteiger charge is 2.48. The van der Waals surface area contributed by atoms with Gasteiger partial charge in [0, 0.05) is 13.8 Å². The number of carbonyl (C=O) groups excluding carboxylic acids is 2. The minimum atomic E-state index is -1.54. The molecule has 0 saturated carbocycles. The van der Waals surface area contributed by atoms with Gasteiger partial charge in [-0.2, -0.15) is 0 Å². The predicted molar refractivity (Wildman–Crippen MR) is 135 cm³/mol. The first-order chi connectivity index (χ1) is 17.8.